The van der Waals surface area contributed by atoms with Crippen LogP contribution in [-0.4, -0.2) is 39.4 Å². The predicted octanol–water partition coefficient (Wildman–Crippen LogP) is 3.62. The molecule has 5 nitrogen and oxygen atoms in total. The van der Waals surface area contributed by atoms with Gasteiger partial charge in [-0.25, -0.2) is 0 Å². The Labute approximate surface area is 160 Å². The Kier molecular flexibility index (Phi) is 5.32. The van der Waals surface area contributed by atoms with Crippen LogP contribution in [-0.2, 0) is 24.8 Å². The predicted molar refractivity (Wildman–Crippen MR) is 106 cm³/mol. The van der Waals surface area contributed by atoms with E-state index in [1.54, 1.807) is 0 Å². The van der Waals surface area contributed by atoms with Crippen LogP contribution in [0.5, 0.6) is 0 Å². The first-order chi connectivity index (χ1) is 13.2. The van der Waals surface area contributed by atoms with Crippen LogP contribution in [0.3, 0.4) is 0 Å². The molecule has 1 fully saturated rings. The molecule has 0 radical (unpaired) electrons. The van der Waals surface area contributed by atoms with Crippen LogP contribution in [0.25, 0.3) is 11.4 Å². The molecule has 0 amide bonds. The molecule has 1 saturated heterocycles. The van der Waals surface area contributed by atoms with E-state index >= 15 is 0 Å². The quantitative estimate of drug-likeness (QED) is 0.695. The maximum Gasteiger partial charge on any atom is 0.163 e. The Morgan fingerprint density at radius 3 is 2.56 bits per heavy atom. The van der Waals surface area contributed by atoms with Gasteiger partial charge in [0.05, 0.1) is 19.3 Å². The summed E-state index contributed by atoms with van der Waals surface area (Å²) in [6.45, 7) is 5.49. The maximum absolute atomic E-state index is 6.03. The summed E-state index contributed by atoms with van der Waals surface area (Å²) in [4.78, 5) is 2.40. The zero-order chi connectivity index (χ0) is 18.6. The molecule has 0 saturated carbocycles. The first-order valence-electron chi connectivity index (χ1n) is 9.61. The van der Waals surface area contributed by atoms with Gasteiger partial charge in [0.2, 0.25) is 0 Å². The average molecular weight is 362 g/mol. The molecule has 140 valence electrons. The molecule has 1 aromatic heterocycles. The van der Waals surface area contributed by atoms with Crippen molar-refractivity contribution < 1.29 is 4.74 Å². The van der Waals surface area contributed by atoms with E-state index in [0.29, 0.717) is 0 Å². The molecule has 2 heterocycles. The highest BCUT2D eigenvalue weighted by Crippen LogP contribution is 2.24. The van der Waals surface area contributed by atoms with Crippen LogP contribution in [0.4, 0.5) is 0 Å². The first kappa shape index (κ1) is 17.9. The summed E-state index contributed by atoms with van der Waals surface area (Å²) in [6.07, 6.45) is 1.18. The number of aromatic nitrogens is 3. The third-order valence-corrected chi connectivity index (χ3v) is 5.27. The van der Waals surface area contributed by atoms with Crippen molar-refractivity contribution in [1.82, 2.24) is 19.7 Å². The van der Waals surface area contributed by atoms with Crippen molar-refractivity contribution in [2.24, 2.45) is 7.05 Å². The van der Waals surface area contributed by atoms with Gasteiger partial charge < -0.3 is 9.30 Å². The number of rotatable bonds is 5. The van der Waals surface area contributed by atoms with Gasteiger partial charge in [-0.05, 0) is 17.5 Å². The summed E-state index contributed by atoms with van der Waals surface area (Å²) in [5.41, 5.74) is 3.70. The fourth-order valence-corrected chi connectivity index (χ4v) is 3.55. The molecule has 1 atom stereocenters. The number of ether oxygens (including phenoxy) is 1. The van der Waals surface area contributed by atoms with Crippen LogP contribution in [0, 0.1) is 0 Å². The second kappa shape index (κ2) is 8.03. The van der Waals surface area contributed by atoms with Crippen molar-refractivity contribution in [1.29, 1.82) is 0 Å². The summed E-state index contributed by atoms with van der Waals surface area (Å²) in [7, 11) is 2.04. The molecule has 1 aliphatic rings. The molecule has 2 aromatic carbocycles. The monoisotopic (exact) mass is 362 g/mol. The number of morpholine rings is 1. The minimum Gasteiger partial charge on any atom is -0.371 e. The highest BCUT2D eigenvalue weighted by molar-refractivity contribution is 5.54. The minimum atomic E-state index is 0.117. The third-order valence-electron chi connectivity index (χ3n) is 5.27. The van der Waals surface area contributed by atoms with Crippen molar-refractivity contribution in [2.75, 3.05) is 19.7 Å². The Morgan fingerprint density at radius 1 is 1.04 bits per heavy atom. The summed E-state index contributed by atoms with van der Waals surface area (Å²) < 4.78 is 8.12. The standard InChI is InChI=1S/C22H26N4O/c1-3-17-9-11-18(12-10-17)20-15-26(13-14-27-20)16-21-23-24-22(25(21)2)19-7-5-4-6-8-19/h4-12,20H,3,13-16H2,1-2H3/t20-/m0/s1. The van der Waals surface area contributed by atoms with Crippen LogP contribution in [0.2, 0.25) is 0 Å². The molecule has 0 unspecified atom stereocenters. The Hall–Kier alpha value is -2.50. The topological polar surface area (TPSA) is 43.2 Å². The minimum absolute atomic E-state index is 0.117. The fraction of sp³-hybridized carbons (Fsp3) is 0.364. The molecule has 27 heavy (non-hydrogen) atoms. The summed E-state index contributed by atoms with van der Waals surface area (Å²) in [5.74, 6) is 1.89. The second-order valence-electron chi connectivity index (χ2n) is 7.05. The first-order valence-corrected chi connectivity index (χ1v) is 9.61. The molecular weight excluding hydrogens is 336 g/mol. The van der Waals surface area contributed by atoms with Gasteiger partial charge in [0.25, 0.3) is 0 Å². The van der Waals surface area contributed by atoms with Crippen molar-refractivity contribution in [2.45, 2.75) is 26.0 Å². The molecule has 0 N–H and O–H groups in total. The summed E-state index contributed by atoms with van der Waals surface area (Å²) in [5, 5.41) is 8.84. The number of benzene rings is 2. The van der Waals surface area contributed by atoms with E-state index in [2.05, 4.69) is 63.0 Å². The number of hydrogen-bond donors (Lipinski definition) is 0. The molecule has 0 bridgehead atoms. The van der Waals surface area contributed by atoms with E-state index in [4.69, 9.17) is 4.74 Å². The Balaban J connectivity index is 1.46. The Bertz CT molecular complexity index is 873. The Morgan fingerprint density at radius 2 is 1.81 bits per heavy atom. The number of nitrogens with zero attached hydrogens (tertiary/aromatic N) is 4. The van der Waals surface area contributed by atoms with Gasteiger partial charge in [0.1, 0.15) is 5.82 Å². The maximum atomic E-state index is 6.03. The van der Waals surface area contributed by atoms with Crippen molar-refractivity contribution in [3.05, 3.63) is 71.5 Å². The van der Waals surface area contributed by atoms with E-state index in [-0.39, 0.29) is 6.10 Å². The van der Waals surface area contributed by atoms with Gasteiger partial charge in [0, 0.05) is 25.7 Å². The molecule has 0 spiro atoms. The zero-order valence-corrected chi connectivity index (χ0v) is 16.0. The molecule has 4 rings (SSSR count). The smallest absolute Gasteiger partial charge is 0.163 e. The van der Waals surface area contributed by atoms with Gasteiger partial charge in [0.15, 0.2) is 5.82 Å². The second-order valence-corrected chi connectivity index (χ2v) is 7.05. The SMILES string of the molecule is CCc1ccc([C@@H]2CN(Cc3nnc(-c4ccccc4)n3C)CCO2)cc1. The highest BCUT2D eigenvalue weighted by atomic mass is 16.5. The fourth-order valence-electron chi connectivity index (χ4n) is 3.55. The summed E-state index contributed by atoms with van der Waals surface area (Å²) >= 11 is 0. The van der Waals surface area contributed by atoms with E-state index in [9.17, 15) is 0 Å². The molecule has 5 heteroatoms. The lowest BCUT2D eigenvalue weighted by molar-refractivity contribution is -0.0339. The lowest BCUT2D eigenvalue weighted by Crippen LogP contribution is -2.38. The van der Waals surface area contributed by atoms with Gasteiger partial charge in [-0.1, -0.05) is 61.5 Å². The lowest BCUT2D eigenvalue weighted by Gasteiger charge is -2.32. The van der Waals surface area contributed by atoms with Crippen LogP contribution in [0.1, 0.15) is 30.0 Å². The number of hydrogen-bond acceptors (Lipinski definition) is 4. The van der Waals surface area contributed by atoms with Crippen molar-refractivity contribution in [3.63, 3.8) is 0 Å². The highest BCUT2D eigenvalue weighted by Gasteiger charge is 2.23. The number of aryl methyl sites for hydroxylation is 1. The normalized spacial score (nSPS) is 17.9. The lowest BCUT2D eigenvalue weighted by atomic mass is 10.0. The van der Waals surface area contributed by atoms with Gasteiger partial charge in [-0.2, -0.15) is 0 Å². The average Bonchev–Trinajstić information content (AvgIpc) is 3.09. The van der Waals surface area contributed by atoms with Crippen molar-refractivity contribution in [3.8, 4) is 11.4 Å². The van der Waals surface area contributed by atoms with Gasteiger partial charge in [-0.3, -0.25) is 4.90 Å². The molecule has 0 aliphatic carbocycles. The van der Waals surface area contributed by atoms with E-state index in [0.717, 1.165) is 49.9 Å². The van der Waals surface area contributed by atoms with Crippen LogP contribution >= 0.6 is 0 Å². The van der Waals surface area contributed by atoms with Crippen molar-refractivity contribution >= 4 is 0 Å². The molecule has 1 aliphatic heterocycles. The molecule has 3 aromatic rings. The zero-order valence-electron chi connectivity index (χ0n) is 16.0. The van der Waals surface area contributed by atoms with E-state index in [1.807, 2.05) is 25.2 Å². The van der Waals surface area contributed by atoms with E-state index < -0.39 is 0 Å². The molecular formula is C22H26N4O. The largest absolute Gasteiger partial charge is 0.371 e. The third kappa shape index (κ3) is 3.94. The van der Waals surface area contributed by atoms with Gasteiger partial charge >= 0.3 is 0 Å². The van der Waals surface area contributed by atoms with Gasteiger partial charge in [-0.15, -0.1) is 10.2 Å². The van der Waals surface area contributed by atoms with E-state index in [1.165, 1.54) is 11.1 Å². The summed E-state index contributed by atoms with van der Waals surface area (Å²) in [6, 6.07) is 19.0. The van der Waals surface area contributed by atoms with Crippen LogP contribution < -0.4 is 0 Å². The van der Waals surface area contributed by atoms with Crippen LogP contribution in [0.15, 0.2) is 54.6 Å².